The Morgan fingerprint density at radius 3 is 2.82 bits per heavy atom. The molecular weight excluding hydrogens is 166 g/mol. The fourth-order valence-corrected chi connectivity index (χ4v) is 1.87. The molecule has 2 N–H and O–H groups in total. The second-order valence-corrected chi connectivity index (χ2v) is 3.28. The van der Waals surface area contributed by atoms with Crippen molar-refractivity contribution in [2.45, 2.75) is 25.3 Å². The van der Waals surface area contributed by atoms with Crippen LogP contribution in [0.3, 0.4) is 0 Å². The molecule has 2 atom stereocenters. The lowest BCUT2D eigenvalue weighted by Gasteiger charge is -2.17. The summed E-state index contributed by atoms with van der Waals surface area (Å²) in [5, 5.41) is 12.0. The van der Waals surface area contributed by atoms with Crippen molar-refractivity contribution in [3.05, 3.63) is 0 Å². The van der Waals surface area contributed by atoms with Crippen LogP contribution in [0.5, 0.6) is 0 Å². The normalized spacial score (nSPS) is 40.2. The summed E-state index contributed by atoms with van der Waals surface area (Å²) in [6, 6.07) is 0.291. The van der Waals surface area contributed by atoms with Gasteiger partial charge in [0.1, 0.15) is 0 Å². The summed E-state index contributed by atoms with van der Waals surface area (Å²) >= 11 is 0. The average Bonchev–Trinajstić information content (AvgIpc) is 2.61. The van der Waals surface area contributed by atoms with Crippen molar-refractivity contribution in [2.24, 2.45) is 5.41 Å². The maximum Gasteiger partial charge on any atom is 0.311 e. The van der Waals surface area contributed by atoms with Crippen LogP contribution in [0.25, 0.3) is 0 Å². The third-order valence-electron chi connectivity index (χ3n) is 2.69. The maximum atomic E-state index is 10.7. The van der Waals surface area contributed by atoms with Crippen LogP contribution in [-0.4, -0.2) is 23.7 Å². The van der Waals surface area contributed by atoms with Crippen LogP contribution in [0.2, 0.25) is 0 Å². The largest absolute Gasteiger partial charge is 0.481 e. The van der Waals surface area contributed by atoms with E-state index in [1.807, 2.05) is 0 Å². The molecule has 2 rings (SSSR count). The monoisotopic (exact) mass is 177 g/mol. The fraction of sp³-hybridized carbons (Fsp3) is 0.857. The summed E-state index contributed by atoms with van der Waals surface area (Å²) in [5.41, 5.74) is -0.349. The van der Waals surface area contributed by atoms with Gasteiger partial charge in [-0.15, -0.1) is 12.4 Å². The van der Waals surface area contributed by atoms with Gasteiger partial charge in [0.2, 0.25) is 0 Å². The fourth-order valence-electron chi connectivity index (χ4n) is 1.87. The number of hydrogen-bond donors (Lipinski definition) is 2. The Morgan fingerprint density at radius 2 is 2.36 bits per heavy atom. The Kier molecular flexibility index (Phi) is 2.12. The molecule has 1 heterocycles. The van der Waals surface area contributed by atoms with Crippen LogP contribution in [0.4, 0.5) is 0 Å². The van der Waals surface area contributed by atoms with Gasteiger partial charge in [-0.3, -0.25) is 4.79 Å². The second kappa shape index (κ2) is 2.64. The number of carboxylic acids is 1. The van der Waals surface area contributed by atoms with E-state index in [9.17, 15) is 4.79 Å². The predicted octanol–water partition coefficient (Wildman–Crippen LogP) is 0.635. The molecular formula is C7H12ClNO2. The van der Waals surface area contributed by atoms with E-state index in [1.165, 1.54) is 0 Å². The molecule has 0 amide bonds. The molecule has 1 aliphatic heterocycles. The molecule has 3 nitrogen and oxygen atoms in total. The molecule has 0 bridgehead atoms. The zero-order chi connectivity index (χ0) is 7.19. The summed E-state index contributed by atoms with van der Waals surface area (Å²) in [6.07, 6.45) is 2.74. The number of rotatable bonds is 1. The first-order valence-corrected chi connectivity index (χ1v) is 3.72. The molecule has 2 unspecified atom stereocenters. The van der Waals surface area contributed by atoms with E-state index in [0.717, 1.165) is 25.8 Å². The van der Waals surface area contributed by atoms with E-state index in [2.05, 4.69) is 5.32 Å². The molecule has 11 heavy (non-hydrogen) atoms. The first-order chi connectivity index (χ1) is 4.76. The van der Waals surface area contributed by atoms with Gasteiger partial charge in [-0.05, 0) is 25.8 Å². The molecule has 1 saturated heterocycles. The Balaban J connectivity index is 0.000000605. The van der Waals surface area contributed by atoms with Gasteiger partial charge in [-0.2, -0.15) is 0 Å². The zero-order valence-corrected chi connectivity index (χ0v) is 6.99. The van der Waals surface area contributed by atoms with Crippen LogP contribution < -0.4 is 5.32 Å². The third kappa shape index (κ3) is 1.12. The van der Waals surface area contributed by atoms with Crippen molar-refractivity contribution in [3.63, 3.8) is 0 Å². The van der Waals surface area contributed by atoms with Gasteiger partial charge in [-0.1, -0.05) is 0 Å². The van der Waals surface area contributed by atoms with Gasteiger partial charge >= 0.3 is 5.97 Å². The second-order valence-electron chi connectivity index (χ2n) is 3.28. The molecule has 0 spiro atoms. The number of piperidine rings is 1. The number of carbonyl (C=O) groups is 1. The first-order valence-electron chi connectivity index (χ1n) is 3.72. The van der Waals surface area contributed by atoms with E-state index < -0.39 is 5.97 Å². The molecule has 1 aliphatic carbocycles. The summed E-state index contributed by atoms with van der Waals surface area (Å²) < 4.78 is 0. The number of aliphatic carboxylic acids is 1. The molecule has 0 aromatic heterocycles. The molecule has 64 valence electrons. The zero-order valence-electron chi connectivity index (χ0n) is 6.17. The van der Waals surface area contributed by atoms with Gasteiger partial charge < -0.3 is 10.4 Å². The molecule has 2 fully saturated rings. The molecule has 2 aliphatic rings. The van der Waals surface area contributed by atoms with Crippen molar-refractivity contribution < 1.29 is 9.90 Å². The highest BCUT2D eigenvalue weighted by atomic mass is 35.5. The number of hydrogen-bond acceptors (Lipinski definition) is 2. The molecule has 0 aromatic carbocycles. The SMILES string of the molecule is Cl.O=C(O)C12CCCNC1C2. The standard InChI is InChI=1S/C7H11NO2.ClH/c9-6(10)7-2-1-3-8-5(7)4-7;/h5,8H,1-4H2,(H,9,10);1H. The Labute approximate surface area is 71.6 Å². The highest BCUT2D eigenvalue weighted by Crippen LogP contribution is 2.51. The van der Waals surface area contributed by atoms with E-state index in [4.69, 9.17) is 5.11 Å². The topological polar surface area (TPSA) is 49.3 Å². The molecule has 4 heteroatoms. The van der Waals surface area contributed by atoms with E-state index in [0.29, 0.717) is 6.04 Å². The van der Waals surface area contributed by atoms with Crippen LogP contribution in [0.1, 0.15) is 19.3 Å². The minimum atomic E-state index is -0.607. The van der Waals surface area contributed by atoms with E-state index in [-0.39, 0.29) is 17.8 Å². The minimum Gasteiger partial charge on any atom is -0.481 e. The predicted molar refractivity (Wildman–Crippen MR) is 43.0 cm³/mol. The summed E-state index contributed by atoms with van der Waals surface area (Å²) in [6.45, 7) is 1.000. The smallest absolute Gasteiger partial charge is 0.311 e. The van der Waals surface area contributed by atoms with Crippen LogP contribution in [0.15, 0.2) is 0 Å². The summed E-state index contributed by atoms with van der Waals surface area (Å²) in [7, 11) is 0. The third-order valence-corrected chi connectivity index (χ3v) is 2.69. The lowest BCUT2D eigenvalue weighted by molar-refractivity contribution is -0.144. The average molecular weight is 178 g/mol. The lowest BCUT2D eigenvalue weighted by Crippen LogP contribution is -2.34. The van der Waals surface area contributed by atoms with Crippen LogP contribution in [0, 0.1) is 5.41 Å². The molecule has 1 saturated carbocycles. The lowest BCUT2D eigenvalue weighted by atomic mass is 9.97. The summed E-state index contributed by atoms with van der Waals surface area (Å²) in [5.74, 6) is -0.607. The molecule has 0 aromatic rings. The van der Waals surface area contributed by atoms with Gasteiger partial charge in [0, 0.05) is 6.04 Å². The van der Waals surface area contributed by atoms with Crippen LogP contribution >= 0.6 is 12.4 Å². The van der Waals surface area contributed by atoms with Crippen LogP contribution in [-0.2, 0) is 4.79 Å². The van der Waals surface area contributed by atoms with Gasteiger partial charge in [0.15, 0.2) is 0 Å². The Hall–Kier alpha value is -0.280. The van der Waals surface area contributed by atoms with E-state index in [1.54, 1.807) is 0 Å². The maximum absolute atomic E-state index is 10.7. The number of carboxylic acid groups (broad SMARTS) is 1. The van der Waals surface area contributed by atoms with Gasteiger partial charge in [0.05, 0.1) is 5.41 Å². The van der Waals surface area contributed by atoms with Crippen molar-refractivity contribution >= 4 is 18.4 Å². The van der Waals surface area contributed by atoms with Gasteiger partial charge in [0.25, 0.3) is 0 Å². The Bertz CT molecular complexity index is 185. The minimum absolute atomic E-state index is 0. The van der Waals surface area contributed by atoms with Crippen molar-refractivity contribution in [2.75, 3.05) is 6.54 Å². The van der Waals surface area contributed by atoms with Gasteiger partial charge in [-0.25, -0.2) is 0 Å². The van der Waals surface area contributed by atoms with Crippen molar-refractivity contribution in [1.82, 2.24) is 5.32 Å². The number of halogens is 1. The highest BCUT2D eigenvalue weighted by molar-refractivity contribution is 5.85. The van der Waals surface area contributed by atoms with Crippen molar-refractivity contribution in [3.8, 4) is 0 Å². The van der Waals surface area contributed by atoms with E-state index >= 15 is 0 Å². The first kappa shape index (κ1) is 8.81. The summed E-state index contributed by atoms with van der Waals surface area (Å²) in [4.78, 5) is 10.7. The Morgan fingerprint density at radius 1 is 1.64 bits per heavy atom. The highest BCUT2D eigenvalue weighted by Gasteiger charge is 2.60. The quantitative estimate of drug-likeness (QED) is 0.618. The number of fused-ring (bicyclic) bond motifs is 1. The molecule has 0 radical (unpaired) electrons. The number of nitrogens with one attached hydrogen (secondary N) is 1. The van der Waals surface area contributed by atoms with Crippen molar-refractivity contribution in [1.29, 1.82) is 0 Å².